The first-order chi connectivity index (χ1) is 16.1. The highest BCUT2D eigenvalue weighted by molar-refractivity contribution is 7.71. The topological polar surface area (TPSA) is 67.1 Å². The fraction of sp³-hybridized carbons (Fsp3) is 0.857. The first-order valence-corrected chi connectivity index (χ1v) is 14.1. The van der Waals surface area contributed by atoms with Gasteiger partial charge in [-0.3, -0.25) is 4.79 Å². The number of nitrogens with one attached hydrogen (secondary N) is 2. The van der Waals surface area contributed by atoms with Crippen LogP contribution in [0.1, 0.15) is 89.9 Å². The average Bonchev–Trinajstić information content (AvgIpc) is 3.30. The van der Waals surface area contributed by atoms with E-state index in [-0.39, 0.29) is 27.8 Å². The summed E-state index contributed by atoms with van der Waals surface area (Å²) in [6.07, 6.45) is 9.34. The summed E-state index contributed by atoms with van der Waals surface area (Å²) in [5.41, 5.74) is 2.72. The van der Waals surface area contributed by atoms with Crippen molar-refractivity contribution in [3.05, 3.63) is 16.2 Å². The zero-order chi connectivity index (χ0) is 23.8. The number of hydrogen-bond donors (Lipinski definition) is 2. The van der Waals surface area contributed by atoms with E-state index in [0.29, 0.717) is 41.6 Å². The molecule has 1 saturated heterocycles. The predicted molar refractivity (Wildman–Crippen MR) is 132 cm³/mol. The van der Waals surface area contributed by atoms with Crippen molar-refractivity contribution in [3.8, 4) is 0 Å². The zero-order valence-electron chi connectivity index (χ0n) is 21.3. The number of carbonyl (C=O) groups excluding carboxylic acids is 1. The number of imidazole rings is 1. The summed E-state index contributed by atoms with van der Waals surface area (Å²) in [4.78, 5) is 20.3. The molecule has 0 aromatic carbocycles. The smallest absolute Gasteiger partial charge is 0.311 e. The second-order valence-corrected chi connectivity index (χ2v) is 14.1. The molecule has 186 valence electrons. The van der Waals surface area contributed by atoms with E-state index in [1.165, 1.54) is 37.1 Å². The quantitative estimate of drug-likeness (QED) is 0.403. The third-order valence-electron chi connectivity index (χ3n) is 12.5. The van der Waals surface area contributed by atoms with Gasteiger partial charge in [0.15, 0.2) is 4.77 Å². The van der Waals surface area contributed by atoms with E-state index < -0.39 is 0 Å². The van der Waals surface area contributed by atoms with Crippen molar-refractivity contribution >= 4 is 18.2 Å². The van der Waals surface area contributed by atoms with Gasteiger partial charge in [0, 0.05) is 23.7 Å². The van der Waals surface area contributed by atoms with Gasteiger partial charge >= 0.3 is 5.97 Å². The van der Waals surface area contributed by atoms with E-state index in [1.807, 2.05) is 0 Å². The van der Waals surface area contributed by atoms with Crippen molar-refractivity contribution in [2.45, 2.75) is 96.7 Å². The van der Waals surface area contributed by atoms with Gasteiger partial charge < -0.3 is 19.4 Å². The summed E-state index contributed by atoms with van der Waals surface area (Å²) < 4.78 is 13.4. The first-order valence-electron chi connectivity index (χ1n) is 13.7. The Bertz CT molecular complexity index is 1130. The summed E-state index contributed by atoms with van der Waals surface area (Å²) in [7, 11) is 1.58. The Balaban J connectivity index is 1.41. The molecule has 5 saturated carbocycles. The Morgan fingerprint density at radius 2 is 1.97 bits per heavy atom. The molecule has 2 heterocycles. The standard InChI is InChI=1S/C28H40N2O3S/c1-14(2)28-13-27-10-7-18-25(3,8-6-9-26(18,4)23(31)32-5)19(27)11-15(28)20-17(33-28)12-16-22(21(20)27)30-24(34)29-16/h14-15,17-21H,6-13H2,1-5H3,(H2,29,30,34)/t15-,17+,18-,19-,20+,21+,25+,26-,27+,28?/m1/s1. The van der Waals surface area contributed by atoms with Crippen LogP contribution < -0.4 is 0 Å². The zero-order valence-corrected chi connectivity index (χ0v) is 22.1. The molecule has 6 fully saturated rings. The van der Waals surface area contributed by atoms with E-state index in [4.69, 9.17) is 21.7 Å². The number of methoxy groups -OCH3 is 1. The molecule has 1 aromatic heterocycles. The molecule has 1 aromatic rings. The van der Waals surface area contributed by atoms with Gasteiger partial charge in [-0.1, -0.05) is 27.2 Å². The Hall–Kier alpha value is -1.14. The molecule has 1 unspecified atom stereocenters. The van der Waals surface area contributed by atoms with Gasteiger partial charge in [0.1, 0.15) is 0 Å². The van der Waals surface area contributed by atoms with Crippen LogP contribution in [0.25, 0.3) is 0 Å². The van der Waals surface area contributed by atoms with Crippen molar-refractivity contribution in [1.29, 1.82) is 0 Å². The summed E-state index contributed by atoms with van der Waals surface area (Å²) in [5, 5.41) is 0. The van der Waals surface area contributed by atoms with E-state index in [0.717, 1.165) is 30.5 Å². The molecule has 6 aliphatic carbocycles. The lowest BCUT2D eigenvalue weighted by molar-refractivity contribution is -0.243. The fourth-order valence-corrected chi connectivity index (χ4v) is 11.8. The van der Waals surface area contributed by atoms with Crippen molar-refractivity contribution in [1.82, 2.24) is 9.97 Å². The maximum absolute atomic E-state index is 13.1. The third kappa shape index (κ3) is 2.28. The summed E-state index contributed by atoms with van der Waals surface area (Å²) in [5.74, 6) is 3.24. The van der Waals surface area contributed by atoms with Crippen LogP contribution >= 0.6 is 12.2 Å². The van der Waals surface area contributed by atoms with Crippen LogP contribution in [0, 0.1) is 50.6 Å². The fourth-order valence-electron chi connectivity index (χ4n) is 11.5. The van der Waals surface area contributed by atoms with Crippen LogP contribution in [-0.2, 0) is 20.7 Å². The lowest BCUT2D eigenvalue weighted by Crippen LogP contribution is -2.69. The van der Waals surface area contributed by atoms with E-state index in [9.17, 15) is 4.79 Å². The largest absolute Gasteiger partial charge is 0.469 e. The number of ether oxygens (including phenoxy) is 2. The van der Waals surface area contributed by atoms with Gasteiger partial charge in [-0.25, -0.2) is 0 Å². The molecule has 6 heteroatoms. The molecule has 1 aliphatic heterocycles. The van der Waals surface area contributed by atoms with Gasteiger partial charge in [-0.05, 0) is 98.1 Å². The molecule has 5 nitrogen and oxygen atoms in total. The lowest BCUT2D eigenvalue weighted by Gasteiger charge is -2.72. The second-order valence-electron chi connectivity index (χ2n) is 13.7. The van der Waals surface area contributed by atoms with Crippen LogP contribution in [0.3, 0.4) is 0 Å². The molecule has 7 aliphatic rings. The van der Waals surface area contributed by atoms with Gasteiger partial charge in [0.2, 0.25) is 0 Å². The maximum Gasteiger partial charge on any atom is 0.311 e. The molecule has 0 radical (unpaired) electrons. The van der Waals surface area contributed by atoms with Gasteiger partial charge in [-0.15, -0.1) is 0 Å². The Morgan fingerprint density at radius 1 is 1.18 bits per heavy atom. The summed E-state index contributed by atoms with van der Waals surface area (Å²) in [6, 6.07) is 0. The number of esters is 1. The van der Waals surface area contributed by atoms with Crippen molar-refractivity contribution in [2.75, 3.05) is 7.11 Å². The van der Waals surface area contributed by atoms with Crippen molar-refractivity contribution in [3.63, 3.8) is 0 Å². The average molecular weight is 485 g/mol. The molecular weight excluding hydrogens is 444 g/mol. The van der Waals surface area contributed by atoms with E-state index in [2.05, 4.69) is 37.7 Å². The molecule has 34 heavy (non-hydrogen) atoms. The molecular formula is C28H40N2O3S. The number of rotatable bonds is 2. The van der Waals surface area contributed by atoms with Crippen LogP contribution in [0.4, 0.5) is 0 Å². The maximum atomic E-state index is 13.1. The number of aromatic amines is 2. The van der Waals surface area contributed by atoms with Crippen molar-refractivity contribution in [2.24, 2.45) is 45.8 Å². The van der Waals surface area contributed by atoms with Crippen LogP contribution in [0.2, 0.25) is 0 Å². The highest BCUT2D eigenvalue weighted by Gasteiger charge is 2.78. The number of carbonyl (C=O) groups is 1. The molecule has 1 spiro atoms. The molecule has 10 atom stereocenters. The first kappa shape index (κ1) is 22.1. The second kappa shape index (κ2) is 6.59. The molecule has 8 rings (SSSR count). The number of aromatic nitrogens is 2. The molecule has 0 amide bonds. The number of H-pyrrole nitrogens is 2. The SMILES string of the molecule is COC(=O)[C@]1(C)CCC[C@]2(C)[C@H]3C[C@@H]4[C@H]5[C@@H]6Cc7[nH]c(=S)[nH]c7[C@H]5[C@@]3(CC[C@H]21)CC4(C(C)C)O6. The van der Waals surface area contributed by atoms with Gasteiger partial charge in [0.25, 0.3) is 0 Å². The predicted octanol–water partition coefficient (Wildman–Crippen LogP) is 5.93. The molecule has 2 N–H and O–H groups in total. The summed E-state index contributed by atoms with van der Waals surface area (Å²) in [6.45, 7) is 9.55. The minimum Gasteiger partial charge on any atom is -0.469 e. The lowest BCUT2D eigenvalue weighted by atomic mass is 9.31. The monoisotopic (exact) mass is 484 g/mol. The number of hydrogen-bond acceptors (Lipinski definition) is 4. The highest BCUT2D eigenvalue weighted by atomic mass is 32.1. The van der Waals surface area contributed by atoms with Crippen LogP contribution in [0.5, 0.6) is 0 Å². The van der Waals surface area contributed by atoms with E-state index >= 15 is 0 Å². The number of fused-ring (bicyclic) bond motifs is 2. The van der Waals surface area contributed by atoms with Gasteiger partial charge in [0.05, 0.1) is 24.2 Å². The minimum absolute atomic E-state index is 0.00607. The minimum atomic E-state index is -0.362. The Labute approximate surface area is 208 Å². The van der Waals surface area contributed by atoms with Crippen LogP contribution in [0.15, 0.2) is 0 Å². The van der Waals surface area contributed by atoms with Crippen LogP contribution in [-0.4, -0.2) is 34.8 Å². The normalized spacial score (nSPS) is 52.2. The van der Waals surface area contributed by atoms with Gasteiger partial charge in [-0.2, -0.15) is 0 Å². The Morgan fingerprint density at radius 3 is 2.71 bits per heavy atom. The third-order valence-corrected chi connectivity index (χ3v) is 12.7. The molecule has 4 bridgehead atoms. The van der Waals surface area contributed by atoms with E-state index in [1.54, 1.807) is 7.11 Å². The van der Waals surface area contributed by atoms with Crippen molar-refractivity contribution < 1.29 is 14.3 Å². The summed E-state index contributed by atoms with van der Waals surface area (Å²) >= 11 is 5.60. The Kier molecular flexibility index (Phi) is 4.28. The highest BCUT2D eigenvalue weighted by Crippen LogP contribution is 2.81.